The molecule has 0 aliphatic rings. The summed E-state index contributed by atoms with van der Waals surface area (Å²) in [5.41, 5.74) is 3.48. The van der Waals surface area contributed by atoms with E-state index in [1.807, 2.05) is 4.90 Å². The molecule has 0 aliphatic heterocycles. The molecule has 0 heterocycles. The van der Waals surface area contributed by atoms with Crippen LogP contribution in [0.2, 0.25) is 0 Å². The maximum atomic E-state index is 9.52. The highest BCUT2D eigenvalue weighted by molar-refractivity contribution is 5.54. The lowest BCUT2D eigenvalue weighted by Gasteiger charge is -2.29. The van der Waals surface area contributed by atoms with E-state index in [0.717, 1.165) is 5.69 Å². The molecule has 0 bridgehead atoms. The molecule has 2 atom stereocenters. The van der Waals surface area contributed by atoms with E-state index in [-0.39, 0.29) is 0 Å². The Morgan fingerprint density at radius 1 is 1.06 bits per heavy atom. The minimum Gasteiger partial charge on any atom is -0.392 e. The number of aryl methyl sites for hydroxylation is 2. The molecule has 0 aliphatic carbocycles. The number of hydrogen-bond donors (Lipinski definition) is 2. The Balaban J connectivity index is 2.95. The van der Waals surface area contributed by atoms with Crippen LogP contribution in [0.25, 0.3) is 0 Å². The van der Waals surface area contributed by atoms with Gasteiger partial charge in [-0.2, -0.15) is 0 Å². The first-order chi connectivity index (χ1) is 7.90. The highest BCUT2D eigenvalue weighted by atomic mass is 16.3. The van der Waals surface area contributed by atoms with Gasteiger partial charge in [0, 0.05) is 18.8 Å². The predicted molar refractivity (Wildman–Crippen MR) is 71.5 cm³/mol. The molecule has 0 spiro atoms. The Labute approximate surface area is 104 Å². The minimum atomic E-state index is -0.408. The second kappa shape index (κ2) is 6.03. The molecule has 3 heteroatoms. The molecule has 0 amide bonds. The van der Waals surface area contributed by atoms with Gasteiger partial charge in [0.2, 0.25) is 0 Å². The summed E-state index contributed by atoms with van der Waals surface area (Å²) in [6.07, 6.45) is -0.816. The van der Waals surface area contributed by atoms with Crippen molar-refractivity contribution < 1.29 is 10.2 Å². The molecular weight excluding hydrogens is 214 g/mol. The fourth-order valence-electron chi connectivity index (χ4n) is 2.07. The first-order valence-corrected chi connectivity index (χ1v) is 6.08. The monoisotopic (exact) mass is 237 g/mol. The van der Waals surface area contributed by atoms with E-state index in [1.165, 1.54) is 11.1 Å². The zero-order chi connectivity index (χ0) is 13.0. The molecule has 1 rings (SSSR count). The summed E-state index contributed by atoms with van der Waals surface area (Å²) in [4.78, 5) is 2.03. The SMILES string of the molecule is Cc1ccc(N(CC(C)O)CC(C)O)c(C)c1. The van der Waals surface area contributed by atoms with Gasteiger partial charge >= 0.3 is 0 Å². The van der Waals surface area contributed by atoms with Gasteiger partial charge in [0.05, 0.1) is 12.2 Å². The van der Waals surface area contributed by atoms with Gasteiger partial charge in [0.15, 0.2) is 0 Å². The molecule has 3 nitrogen and oxygen atoms in total. The predicted octanol–water partition coefficient (Wildman–Crippen LogP) is 1.87. The van der Waals surface area contributed by atoms with Crippen LogP contribution < -0.4 is 4.90 Å². The van der Waals surface area contributed by atoms with Crippen LogP contribution in [0.1, 0.15) is 25.0 Å². The molecular formula is C14H23NO2. The summed E-state index contributed by atoms with van der Waals surface area (Å²) in [5.74, 6) is 0. The van der Waals surface area contributed by atoms with Crippen molar-refractivity contribution in [1.82, 2.24) is 0 Å². The smallest absolute Gasteiger partial charge is 0.0687 e. The van der Waals surface area contributed by atoms with E-state index in [2.05, 4.69) is 32.0 Å². The Bertz CT molecular complexity index is 351. The van der Waals surface area contributed by atoms with Crippen molar-refractivity contribution in [3.63, 3.8) is 0 Å². The van der Waals surface area contributed by atoms with Crippen LogP contribution in [0, 0.1) is 13.8 Å². The number of aliphatic hydroxyl groups excluding tert-OH is 2. The van der Waals surface area contributed by atoms with Crippen LogP contribution in [-0.4, -0.2) is 35.5 Å². The number of hydrogen-bond acceptors (Lipinski definition) is 3. The maximum Gasteiger partial charge on any atom is 0.0687 e. The molecule has 2 unspecified atom stereocenters. The molecule has 0 radical (unpaired) electrons. The van der Waals surface area contributed by atoms with E-state index in [9.17, 15) is 10.2 Å². The van der Waals surface area contributed by atoms with Crippen molar-refractivity contribution in [3.05, 3.63) is 29.3 Å². The maximum absolute atomic E-state index is 9.52. The molecule has 1 aromatic carbocycles. The summed E-state index contributed by atoms with van der Waals surface area (Å²) in [5, 5.41) is 19.0. The Kier molecular flexibility index (Phi) is 4.97. The third-order valence-corrected chi connectivity index (χ3v) is 2.66. The summed E-state index contributed by atoms with van der Waals surface area (Å²) < 4.78 is 0. The second-order valence-corrected chi connectivity index (χ2v) is 4.89. The number of nitrogens with zero attached hydrogens (tertiary/aromatic N) is 1. The van der Waals surface area contributed by atoms with Crippen LogP contribution in [0.15, 0.2) is 18.2 Å². The molecule has 0 aromatic heterocycles. The highest BCUT2D eigenvalue weighted by Gasteiger charge is 2.13. The third kappa shape index (κ3) is 4.36. The summed E-state index contributed by atoms with van der Waals surface area (Å²) in [6.45, 7) is 8.71. The largest absolute Gasteiger partial charge is 0.392 e. The Morgan fingerprint density at radius 2 is 1.59 bits per heavy atom. The summed E-state index contributed by atoms with van der Waals surface area (Å²) >= 11 is 0. The van der Waals surface area contributed by atoms with Gasteiger partial charge in [-0.05, 0) is 39.3 Å². The van der Waals surface area contributed by atoms with Gasteiger partial charge in [-0.1, -0.05) is 17.7 Å². The van der Waals surface area contributed by atoms with Crippen LogP contribution in [-0.2, 0) is 0 Å². The molecule has 0 saturated carbocycles. The lowest BCUT2D eigenvalue weighted by molar-refractivity contribution is 0.178. The average Bonchev–Trinajstić information content (AvgIpc) is 2.14. The molecule has 2 N–H and O–H groups in total. The van der Waals surface area contributed by atoms with E-state index >= 15 is 0 Å². The zero-order valence-corrected chi connectivity index (χ0v) is 11.1. The van der Waals surface area contributed by atoms with Gasteiger partial charge in [-0.3, -0.25) is 0 Å². The van der Waals surface area contributed by atoms with Crippen molar-refractivity contribution in [2.24, 2.45) is 0 Å². The third-order valence-electron chi connectivity index (χ3n) is 2.66. The minimum absolute atomic E-state index is 0.408. The van der Waals surface area contributed by atoms with Crippen LogP contribution >= 0.6 is 0 Å². The zero-order valence-electron chi connectivity index (χ0n) is 11.1. The molecule has 1 aromatic rings. The molecule has 0 saturated heterocycles. The van der Waals surface area contributed by atoms with E-state index < -0.39 is 12.2 Å². The fourth-order valence-corrected chi connectivity index (χ4v) is 2.07. The van der Waals surface area contributed by atoms with Crippen LogP contribution in [0.4, 0.5) is 5.69 Å². The Morgan fingerprint density at radius 3 is 2.00 bits per heavy atom. The van der Waals surface area contributed by atoms with Gasteiger partial charge in [-0.25, -0.2) is 0 Å². The lowest BCUT2D eigenvalue weighted by Crippen LogP contribution is -2.36. The van der Waals surface area contributed by atoms with Crippen molar-refractivity contribution in [2.75, 3.05) is 18.0 Å². The first-order valence-electron chi connectivity index (χ1n) is 6.08. The highest BCUT2D eigenvalue weighted by Crippen LogP contribution is 2.21. The number of rotatable bonds is 5. The number of benzene rings is 1. The molecule has 96 valence electrons. The van der Waals surface area contributed by atoms with Gasteiger partial charge < -0.3 is 15.1 Å². The average molecular weight is 237 g/mol. The van der Waals surface area contributed by atoms with Crippen molar-refractivity contribution >= 4 is 5.69 Å². The first kappa shape index (κ1) is 14.0. The molecule has 17 heavy (non-hydrogen) atoms. The van der Waals surface area contributed by atoms with Crippen molar-refractivity contribution in [3.8, 4) is 0 Å². The number of anilines is 1. The normalized spacial score (nSPS) is 14.5. The topological polar surface area (TPSA) is 43.7 Å². The van der Waals surface area contributed by atoms with Crippen molar-refractivity contribution in [2.45, 2.75) is 39.9 Å². The van der Waals surface area contributed by atoms with E-state index in [0.29, 0.717) is 13.1 Å². The quantitative estimate of drug-likeness (QED) is 0.821. The van der Waals surface area contributed by atoms with E-state index in [1.54, 1.807) is 13.8 Å². The van der Waals surface area contributed by atoms with E-state index in [4.69, 9.17) is 0 Å². The summed E-state index contributed by atoms with van der Waals surface area (Å²) in [7, 11) is 0. The van der Waals surface area contributed by atoms with Gasteiger partial charge in [0.25, 0.3) is 0 Å². The van der Waals surface area contributed by atoms with Gasteiger partial charge in [-0.15, -0.1) is 0 Å². The summed E-state index contributed by atoms with van der Waals surface area (Å²) in [6, 6.07) is 6.22. The number of aliphatic hydroxyl groups is 2. The second-order valence-electron chi connectivity index (χ2n) is 4.89. The van der Waals surface area contributed by atoms with Gasteiger partial charge in [0.1, 0.15) is 0 Å². The Hall–Kier alpha value is -1.06. The lowest BCUT2D eigenvalue weighted by atomic mass is 10.1. The molecule has 0 fully saturated rings. The van der Waals surface area contributed by atoms with Crippen LogP contribution in [0.3, 0.4) is 0 Å². The standard InChI is InChI=1S/C14H23NO2/c1-10-5-6-14(11(2)7-10)15(8-12(3)16)9-13(4)17/h5-7,12-13,16-17H,8-9H2,1-4H3. The fraction of sp³-hybridized carbons (Fsp3) is 0.571. The van der Waals surface area contributed by atoms with Crippen LogP contribution in [0.5, 0.6) is 0 Å². The van der Waals surface area contributed by atoms with Crippen molar-refractivity contribution in [1.29, 1.82) is 0 Å².